The average molecular weight is 756 g/mol. The minimum absolute atomic E-state index is 0.376. The highest BCUT2D eigenvalue weighted by Crippen LogP contribution is 2.42. The van der Waals surface area contributed by atoms with Crippen molar-refractivity contribution in [2.24, 2.45) is 9.98 Å². The van der Waals surface area contributed by atoms with Crippen LogP contribution in [0.3, 0.4) is 0 Å². The van der Waals surface area contributed by atoms with Crippen molar-refractivity contribution >= 4 is 44.4 Å². The minimum Gasteiger partial charge on any atom is -0.455 e. The molecule has 0 saturated carbocycles. The summed E-state index contributed by atoms with van der Waals surface area (Å²) in [4.78, 5) is 10.6. The SMILES string of the molecule is c1ccc(-c2ccc(C3=NC(c4ccc(-c5ccccc5)cc4)NC(c4ccc(-c5cccc6c(-c7ccccc7)cccc56)c5oc6ccccc6c45)=N3)cc2)cc1. The maximum absolute atomic E-state index is 6.85. The quantitative estimate of drug-likeness (QED) is 0.176. The summed E-state index contributed by atoms with van der Waals surface area (Å²) in [5, 5.41) is 8.18. The molecule has 1 unspecified atom stereocenters. The van der Waals surface area contributed by atoms with Gasteiger partial charge in [0.2, 0.25) is 0 Å². The standard InChI is InChI=1S/C55H37N3O/c1-4-14-36(15-5-1)38-26-30-41(31-27-38)53-56-54(42-32-28-39(29-33-42)37-16-6-2-7-17-37)58-55(57-53)49-35-34-47(52-51(49)48-20-10-11-25-50(48)59-52)46-24-13-22-44-43(21-12-23-45(44)46)40-18-8-3-9-19-40/h1-35,53H,(H,56,57,58). The second-order valence-corrected chi connectivity index (χ2v) is 14.9. The molecule has 0 radical (unpaired) electrons. The van der Waals surface area contributed by atoms with E-state index < -0.39 is 0 Å². The Morgan fingerprint density at radius 1 is 0.373 bits per heavy atom. The number of fused-ring (bicyclic) bond motifs is 4. The molecule has 0 fully saturated rings. The Balaban J connectivity index is 1.07. The molecule has 1 aliphatic rings. The summed E-state index contributed by atoms with van der Waals surface area (Å²) in [5.74, 6) is 1.41. The molecule has 0 bridgehead atoms. The lowest BCUT2D eigenvalue weighted by atomic mass is 9.91. The number of hydrogen-bond acceptors (Lipinski definition) is 4. The number of benzene rings is 9. The monoisotopic (exact) mass is 755 g/mol. The number of amidine groups is 2. The highest BCUT2D eigenvalue weighted by Gasteiger charge is 2.26. The summed E-state index contributed by atoms with van der Waals surface area (Å²) < 4.78 is 6.85. The highest BCUT2D eigenvalue weighted by atomic mass is 16.3. The minimum atomic E-state index is -0.376. The number of aliphatic imine (C=N–C) groups is 2. The molecule has 1 aliphatic heterocycles. The normalized spacial score (nSPS) is 13.9. The van der Waals surface area contributed by atoms with Crippen LogP contribution < -0.4 is 5.32 Å². The van der Waals surface area contributed by atoms with Gasteiger partial charge in [-0.15, -0.1) is 0 Å². The van der Waals surface area contributed by atoms with E-state index in [1.54, 1.807) is 0 Å². The van der Waals surface area contributed by atoms with Crippen LogP contribution >= 0.6 is 0 Å². The number of rotatable bonds is 7. The third-order valence-corrected chi connectivity index (χ3v) is 11.4. The van der Waals surface area contributed by atoms with Gasteiger partial charge in [-0.25, -0.2) is 9.98 Å². The van der Waals surface area contributed by atoms with Crippen molar-refractivity contribution in [3.05, 3.63) is 229 Å². The van der Waals surface area contributed by atoms with Crippen molar-refractivity contribution in [1.29, 1.82) is 0 Å². The molecule has 0 saturated heterocycles. The summed E-state index contributed by atoms with van der Waals surface area (Å²) in [6, 6.07) is 74.6. The maximum atomic E-state index is 6.85. The molecular weight excluding hydrogens is 719 g/mol. The first-order valence-corrected chi connectivity index (χ1v) is 20.0. The maximum Gasteiger partial charge on any atom is 0.159 e. The molecule has 59 heavy (non-hydrogen) atoms. The third kappa shape index (κ3) is 6.28. The lowest BCUT2D eigenvalue weighted by molar-refractivity contribution is 0.668. The Hall–Kier alpha value is -7.82. The summed E-state index contributed by atoms with van der Waals surface area (Å²) in [6.45, 7) is 0. The summed E-state index contributed by atoms with van der Waals surface area (Å²) in [7, 11) is 0. The molecule has 278 valence electrons. The predicted molar refractivity (Wildman–Crippen MR) is 245 cm³/mol. The Labute approximate surface area is 342 Å². The lowest BCUT2D eigenvalue weighted by Gasteiger charge is -2.24. The first-order chi connectivity index (χ1) is 29.2. The van der Waals surface area contributed by atoms with Crippen molar-refractivity contribution in [3.63, 3.8) is 0 Å². The van der Waals surface area contributed by atoms with Gasteiger partial charge >= 0.3 is 0 Å². The number of hydrogen-bond donors (Lipinski definition) is 1. The lowest BCUT2D eigenvalue weighted by Crippen LogP contribution is -2.33. The predicted octanol–water partition coefficient (Wildman–Crippen LogP) is 13.9. The van der Waals surface area contributed by atoms with Crippen molar-refractivity contribution in [2.45, 2.75) is 6.17 Å². The smallest absolute Gasteiger partial charge is 0.159 e. The Bertz CT molecular complexity index is 3200. The van der Waals surface area contributed by atoms with Crippen LogP contribution in [0, 0.1) is 0 Å². The topological polar surface area (TPSA) is 49.9 Å². The molecule has 11 rings (SSSR count). The molecule has 4 heteroatoms. The largest absolute Gasteiger partial charge is 0.455 e. The third-order valence-electron chi connectivity index (χ3n) is 11.4. The van der Waals surface area contributed by atoms with Gasteiger partial charge in [0.25, 0.3) is 0 Å². The summed E-state index contributed by atoms with van der Waals surface area (Å²) >= 11 is 0. The first-order valence-electron chi connectivity index (χ1n) is 20.0. The average Bonchev–Trinajstić information content (AvgIpc) is 3.72. The second kappa shape index (κ2) is 14.6. The molecule has 9 aromatic carbocycles. The van der Waals surface area contributed by atoms with Gasteiger partial charge in [0, 0.05) is 27.5 Å². The van der Waals surface area contributed by atoms with Crippen molar-refractivity contribution in [1.82, 2.24) is 5.32 Å². The van der Waals surface area contributed by atoms with Crippen molar-refractivity contribution in [2.75, 3.05) is 0 Å². The second-order valence-electron chi connectivity index (χ2n) is 14.9. The molecule has 0 amide bonds. The number of para-hydroxylation sites is 1. The van der Waals surface area contributed by atoms with E-state index in [2.05, 4.69) is 193 Å². The molecule has 0 spiro atoms. The van der Waals surface area contributed by atoms with E-state index in [0.717, 1.165) is 66.7 Å². The zero-order valence-corrected chi connectivity index (χ0v) is 32.1. The fraction of sp³-hybridized carbons (Fsp3) is 0.0182. The van der Waals surface area contributed by atoms with Gasteiger partial charge in [0.05, 0.1) is 0 Å². The Morgan fingerprint density at radius 3 is 1.56 bits per heavy atom. The van der Waals surface area contributed by atoms with E-state index >= 15 is 0 Å². The molecule has 4 nitrogen and oxygen atoms in total. The van der Waals surface area contributed by atoms with Crippen LogP contribution in [0.1, 0.15) is 22.9 Å². The van der Waals surface area contributed by atoms with Crippen LogP contribution in [0.4, 0.5) is 0 Å². The van der Waals surface area contributed by atoms with Gasteiger partial charge < -0.3 is 9.73 Å². The molecule has 0 aliphatic carbocycles. The van der Waals surface area contributed by atoms with Gasteiger partial charge in [-0.2, -0.15) is 0 Å². The van der Waals surface area contributed by atoms with E-state index in [4.69, 9.17) is 14.4 Å². The van der Waals surface area contributed by atoms with E-state index in [-0.39, 0.29) is 6.17 Å². The molecule has 1 N–H and O–H groups in total. The van der Waals surface area contributed by atoms with Gasteiger partial charge in [-0.05, 0) is 73.5 Å². The van der Waals surface area contributed by atoms with Crippen LogP contribution in [0.25, 0.3) is 77.2 Å². The van der Waals surface area contributed by atoms with E-state index in [0.29, 0.717) is 5.84 Å². The number of furan rings is 1. The van der Waals surface area contributed by atoms with Gasteiger partial charge in [0.15, 0.2) is 5.84 Å². The van der Waals surface area contributed by atoms with Gasteiger partial charge in [0.1, 0.15) is 23.2 Å². The zero-order chi connectivity index (χ0) is 39.1. The van der Waals surface area contributed by atoms with Crippen LogP contribution in [0.5, 0.6) is 0 Å². The molecule has 2 heterocycles. The van der Waals surface area contributed by atoms with Gasteiger partial charge in [-0.1, -0.05) is 194 Å². The fourth-order valence-corrected chi connectivity index (χ4v) is 8.47. The fourth-order valence-electron chi connectivity index (χ4n) is 8.47. The van der Waals surface area contributed by atoms with Crippen LogP contribution in [-0.2, 0) is 0 Å². The Morgan fingerprint density at radius 2 is 0.881 bits per heavy atom. The molecule has 10 aromatic rings. The number of nitrogens with one attached hydrogen (secondary N) is 1. The van der Waals surface area contributed by atoms with Crippen molar-refractivity contribution < 1.29 is 4.42 Å². The highest BCUT2D eigenvalue weighted by molar-refractivity contribution is 6.24. The zero-order valence-electron chi connectivity index (χ0n) is 32.1. The van der Waals surface area contributed by atoms with E-state index in [9.17, 15) is 0 Å². The molecular formula is C55H37N3O. The summed E-state index contributed by atoms with van der Waals surface area (Å²) in [5.41, 5.74) is 13.8. The molecule has 1 aromatic heterocycles. The van der Waals surface area contributed by atoms with E-state index in [1.165, 1.54) is 33.0 Å². The van der Waals surface area contributed by atoms with E-state index in [1.807, 2.05) is 24.3 Å². The number of nitrogens with zero attached hydrogens (tertiary/aromatic N) is 2. The van der Waals surface area contributed by atoms with Crippen LogP contribution in [0.15, 0.2) is 227 Å². The van der Waals surface area contributed by atoms with Crippen LogP contribution in [-0.4, -0.2) is 11.7 Å². The van der Waals surface area contributed by atoms with Crippen molar-refractivity contribution in [3.8, 4) is 44.5 Å². The first kappa shape index (κ1) is 34.4. The Kier molecular flexibility index (Phi) is 8.52. The summed E-state index contributed by atoms with van der Waals surface area (Å²) in [6.07, 6.45) is -0.376. The van der Waals surface area contributed by atoms with Crippen LogP contribution in [0.2, 0.25) is 0 Å². The molecule has 1 atom stereocenters. The van der Waals surface area contributed by atoms with Gasteiger partial charge in [-0.3, -0.25) is 0 Å².